The molecule has 0 saturated heterocycles. The molecule has 0 atom stereocenters. The van der Waals surface area contributed by atoms with E-state index in [1.165, 1.54) is 5.56 Å². The predicted molar refractivity (Wildman–Crippen MR) is 150 cm³/mol. The molecule has 0 spiro atoms. The van der Waals surface area contributed by atoms with Crippen LogP contribution in [-0.2, 0) is 22.4 Å². The Bertz CT molecular complexity index is 1420. The first-order valence-corrected chi connectivity index (χ1v) is 13.0. The number of fused-ring (bicyclic) bond motifs is 2. The number of ether oxygens (including phenoxy) is 2. The fourth-order valence-electron chi connectivity index (χ4n) is 4.81. The maximum absolute atomic E-state index is 15.1. The van der Waals surface area contributed by atoms with Gasteiger partial charge in [-0.15, -0.1) is 0 Å². The fourth-order valence-corrected chi connectivity index (χ4v) is 5.00. The lowest BCUT2D eigenvalue weighted by molar-refractivity contribution is -0.128. The molecule has 2 aromatic carbocycles. The number of aryl methyl sites for hydroxylation is 1. The first-order valence-electron chi connectivity index (χ1n) is 12.6. The van der Waals surface area contributed by atoms with E-state index in [0.717, 1.165) is 71.1 Å². The van der Waals surface area contributed by atoms with E-state index in [1.807, 2.05) is 34.9 Å². The van der Waals surface area contributed by atoms with Gasteiger partial charge >= 0.3 is 0 Å². The Morgan fingerprint density at radius 1 is 1.21 bits per heavy atom. The molecular formula is C30H34ClFN2O4. The Labute approximate surface area is 228 Å². The largest absolute Gasteiger partial charge is 0.490 e. The Balaban J connectivity index is 0.000000515. The molecule has 38 heavy (non-hydrogen) atoms. The van der Waals surface area contributed by atoms with Crippen molar-refractivity contribution >= 4 is 23.7 Å². The van der Waals surface area contributed by atoms with Gasteiger partial charge in [0, 0.05) is 41.2 Å². The standard InChI is InChI=1S/C26H24ClFN2O.C3H6O2.CH4O/c1-4-19-15(2)13-30-14-23(17-7-5-8-18(27)11-17)29-26(30)24(19)21-12-22(28)25-20(16(21)3)9-6-10-31-25;1-2-5-3-4;1-2/h5,7-8,11-14H,4,6,9-10H2,1-3H3;3H,2H2,1H3;2H,1H3. The topological polar surface area (TPSA) is 73.1 Å². The van der Waals surface area contributed by atoms with Gasteiger partial charge in [-0.05, 0) is 80.5 Å². The van der Waals surface area contributed by atoms with Crippen LogP contribution in [0.4, 0.5) is 4.39 Å². The second kappa shape index (κ2) is 13.4. The van der Waals surface area contributed by atoms with E-state index in [1.54, 1.807) is 13.0 Å². The molecule has 0 aliphatic carbocycles. The van der Waals surface area contributed by atoms with E-state index in [-0.39, 0.29) is 5.82 Å². The van der Waals surface area contributed by atoms with Gasteiger partial charge in [-0.3, -0.25) is 4.79 Å². The molecule has 0 bridgehead atoms. The number of hydrogen-bond donors (Lipinski definition) is 1. The lowest BCUT2D eigenvalue weighted by Gasteiger charge is -2.23. The SMILES string of the molecule is CCOC=O.CCc1c(C)cn2cc(-c3cccc(Cl)c3)nc2c1-c1cc(F)c2c(c1C)CCCO2.CO. The normalized spacial score (nSPS) is 11.9. The second-order valence-corrected chi connectivity index (χ2v) is 9.17. The molecule has 0 saturated carbocycles. The molecule has 1 aliphatic rings. The van der Waals surface area contributed by atoms with Crippen molar-refractivity contribution in [2.75, 3.05) is 20.3 Å². The van der Waals surface area contributed by atoms with Crippen molar-refractivity contribution < 1.29 is 23.8 Å². The van der Waals surface area contributed by atoms with Crippen molar-refractivity contribution in [1.82, 2.24) is 9.38 Å². The zero-order valence-electron chi connectivity index (χ0n) is 22.5. The van der Waals surface area contributed by atoms with E-state index in [0.29, 0.717) is 30.5 Å². The highest BCUT2D eigenvalue weighted by Crippen LogP contribution is 2.41. The van der Waals surface area contributed by atoms with Crippen molar-refractivity contribution in [3.05, 3.63) is 75.8 Å². The summed E-state index contributed by atoms with van der Waals surface area (Å²) in [6.45, 7) is 9.55. The fraction of sp³-hybridized carbons (Fsp3) is 0.333. The number of aromatic nitrogens is 2. The van der Waals surface area contributed by atoms with E-state index in [4.69, 9.17) is 26.4 Å². The number of benzene rings is 2. The third-order valence-electron chi connectivity index (χ3n) is 6.48. The monoisotopic (exact) mass is 540 g/mol. The smallest absolute Gasteiger partial charge is 0.293 e. The molecule has 2 aromatic heterocycles. The molecule has 0 unspecified atom stereocenters. The van der Waals surface area contributed by atoms with Gasteiger partial charge in [-0.1, -0.05) is 30.7 Å². The molecule has 0 radical (unpaired) electrons. The summed E-state index contributed by atoms with van der Waals surface area (Å²) in [6, 6.07) is 9.32. The molecule has 0 amide bonds. The molecule has 6 nitrogen and oxygen atoms in total. The van der Waals surface area contributed by atoms with E-state index in [2.05, 4.69) is 31.7 Å². The van der Waals surface area contributed by atoms with Gasteiger partial charge in [0.1, 0.15) is 5.65 Å². The summed E-state index contributed by atoms with van der Waals surface area (Å²) in [6.07, 6.45) is 6.70. The van der Waals surface area contributed by atoms with Crippen molar-refractivity contribution in [3.63, 3.8) is 0 Å². The van der Waals surface area contributed by atoms with Crippen molar-refractivity contribution in [2.24, 2.45) is 0 Å². The summed E-state index contributed by atoms with van der Waals surface area (Å²) >= 11 is 6.21. The molecule has 5 rings (SSSR count). The highest BCUT2D eigenvalue weighted by atomic mass is 35.5. The van der Waals surface area contributed by atoms with Gasteiger partial charge in [0.05, 0.1) is 18.9 Å². The summed E-state index contributed by atoms with van der Waals surface area (Å²) in [5, 5.41) is 7.67. The van der Waals surface area contributed by atoms with Crippen molar-refractivity contribution in [1.29, 1.82) is 0 Å². The van der Waals surface area contributed by atoms with Gasteiger partial charge in [0.25, 0.3) is 6.47 Å². The molecule has 202 valence electrons. The van der Waals surface area contributed by atoms with Crippen LogP contribution in [0.3, 0.4) is 0 Å². The lowest BCUT2D eigenvalue weighted by Crippen LogP contribution is -2.12. The van der Waals surface area contributed by atoms with E-state index < -0.39 is 0 Å². The Morgan fingerprint density at radius 2 is 1.97 bits per heavy atom. The number of halogens is 2. The molecule has 4 aromatic rings. The van der Waals surface area contributed by atoms with Crippen LogP contribution in [0.15, 0.2) is 42.7 Å². The number of rotatable bonds is 5. The third kappa shape index (κ3) is 6.00. The molecule has 1 N–H and O–H groups in total. The number of carbonyl (C=O) groups excluding carboxylic acids is 1. The van der Waals surface area contributed by atoms with Crippen LogP contribution in [0.5, 0.6) is 5.75 Å². The first kappa shape index (κ1) is 29.1. The highest BCUT2D eigenvalue weighted by Gasteiger charge is 2.24. The molecule has 3 heterocycles. The molecule has 1 aliphatic heterocycles. The highest BCUT2D eigenvalue weighted by molar-refractivity contribution is 6.30. The van der Waals surface area contributed by atoms with Crippen molar-refractivity contribution in [3.8, 4) is 28.1 Å². The zero-order chi connectivity index (χ0) is 27.8. The van der Waals surface area contributed by atoms with Crippen LogP contribution in [-0.4, -0.2) is 41.3 Å². The van der Waals surface area contributed by atoms with Gasteiger partial charge in [-0.2, -0.15) is 0 Å². The zero-order valence-corrected chi connectivity index (χ0v) is 23.2. The van der Waals surface area contributed by atoms with Crippen LogP contribution < -0.4 is 4.74 Å². The first-order chi connectivity index (χ1) is 18.4. The van der Waals surface area contributed by atoms with Crippen LogP contribution in [0.2, 0.25) is 5.02 Å². The third-order valence-corrected chi connectivity index (χ3v) is 6.72. The Morgan fingerprint density at radius 3 is 2.61 bits per heavy atom. The van der Waals surface area contributed by atoms with Gasteiger partial charge in [0.15, 0.2) is 11.6 Å². The molecule has 8 heteroatoms. The minimum Gasteiger partial charge on any atom is -0.490 e. The van der Waals surface area contributed by atoms with Crippen LogP contribution in [0.25, 0.3) is 28.0 Å². The molecule has 0 fully saturated rings. The average molecular weight is 541 g/mol. The predicted octanol–water partition coefficient (Wildman–Crippen LogP) is 6.75. The lowest BCUT2D eigenvalue weighted by atomic mass is 9.89. The quantitative estimate of drug-likeness (QED) is 0.283. The number of hydrogen-bond acceptors (Lipinski definition) is 5. The minimum absolute atomic E-state index is 0.293. The average Bonchev–Trinajstić information content (AvgIpc) is 3.36. The number of nitrogens with zero attached hydrogens (tertiary/aromatic N) is 2. The summed E-state index contributed by atoms with van der Waals surface area (Å²) in [7, 11) is 1.00. The summed E-state index contributed by atoms with van der Waals surface area (Å²) in [5.41, 5.74) is 8.93. The second-order valence-electron chi connectivity index (χ2n) is 8.73. The number of aliphatic hydroxyl groups excluding tert-OH is 1. The summed E-state index contributed by atoms with van der Waals surface area (Å²) in [5.74, 6) is 0.121. The minimum atomic E-state index is -0.293. The van der Waals surface area contributed by atoms with Gasteiger partial charge in [0.2, 0.25) is 0 Å². The number of aliphatic hydroxyl groups is 1. The maximum atomic E-state index is 15.1. The molecular weight excluding hydrogens is 507 g/mol. The van der Waals surface area contributed by atoms with E-state index >= 15 is 4.39 Å². The summed E-state index contributed by atoms with van der Waals surface area (Å²) < 4.78 is 26.9. The van der Waals surface area contributed by atoms with Gasteiger partial charge in [-0.25, -0.2) is 9.37 Å². The van der Waals surface area contributed by atoms with Crippen LogP contribution in [0.1, 0.15) is 42.5 Å². The van der Waals surface area contributed by atoms with Gasteiger partial charge < -0.3 is 19.0 Å². The Hall–Kier alpha value is -3.42. The number of imidazole rings is 1. The van der Waals surface area contributed by atoms with Crippen molar-refractivity contribution in [2.45, 2.75) is 47.0 Å². The number of pyridine rings is 1. The maximum Gasteiger partial charge on any atom is 0.293 e. The number of carbonyl (C=O) groups is 1. The van der Waals surface area contributed by atoms with Crippen LogP contribution >= 0.6 is 11.6 Å². The summed E-state index contributed by atoms with van der Waals surface area (Å²) in [4.78, 5) is 14.2. The van der Waals surface area contributed by atoms with Crippen LogP contribution in [0, 0.1) is 19.7 Å². The van der Waals surface area contributed by atoms with E-state index in [9.17, 15) is 4.79 Å². The Kier molecular flexibility index (Phi) is 10.3.